The summed E-state index contributed by atoms with van der Waals surface area (Å²) in [6, 6.07) is 8.76. The topological polar surface area (TPSA) is 99.6 Å². The van der Waals surface area contributed by atoms with Gasteiger partial charge in [0.15, 0.2) is 23.0 Å². The first-order valence-corrected chi connectivity index (χ1v) is 6.05. The number of nitrogens with zero attached hydrogens (tertiary/aromatic N) is 1. The van der Waals surface area contributed by atoms with Crippen molar-refractivity contribution in [2.75, 3.05) is 6.61 Å². The first-order valence-electron chi connectivity index (χ1n) is 6.05. The molecule has 20 heavy (non-hydrogen) atoms. The monoisotopic (exact) mass is 277 g/mol. The molecule has 0 fully saturated rings. The molecule has 0 aliphatic rings. The Labute approximate surface area is 115 Å². The molecule has 2 aromatic rings. The third-order valence-electron chi connectivity index (χ3n) is 2.44. The molecule has 0 atom stereocenters. The summed E-state index contributed by atoms with van der Waals surface area (Å²) in [7, 11) is 0. The summed E-state index contributed by atoms with van der Waals surface area (Å²) >= 11 is 0. The Bertz CT molecular complexity index is 583. The number of hydrazine groups is 1. The van der Waals surface area contributed by atoms with Crippen LogP contribution in [-0.4, -0.2) is 17.7 Å². The molecule has 0 saturated carbocycles. The fraction of sp³-hybridized carbons (Fsp3) is 0.231. The van der Waals surface area contributed by atoms with Crippen molar-refractivity contribution >= 4 is 5.91 Å². The second-order valence-electron chi connectivity index (χ2n) is 3.82. The minimum atomic E-state index is -0.519. The second-order valence-corrected chi connectivity index (χ2v) is 3.82. The van der Waals surface area contributed by atoms with E-state index in [1.54, 1.807) is 6.07 Å². The molecule has 0 aliphatic heterocycles. The smallest absolute Gasteiger partial charge is 0.287 e. The van der Waals surface area contributed by atoms with Crippen LogP contribution in [0.2, 0.25) is 0 Å². The van der Waals surface area contributed by atoms with E-state index in [1.807, 2.05) is 30.5 Å². The Balaban J connectivity index is 2.02. The van der Waals surface area contributed by atoms with E-state index < -0.39 is 5.91 Å². The molecule has 106 valence electrons. The quantitative estimate of drug-likeness (QED) is 0.468. The van der Waals surface area contributed by atoms with Crippen LogP contribution in [0.25, 0.3) is 0 Å². The third kappa shape index (κ3) is 3.27. The molecule has 7 heteroatoms. The van der Waals surface area contributed by atoms with Crippen LogP contribution in [0.4, 0.5) is 0 Å². The molecule has 7 nitrogen and oxygen atoms in total. The highest BCUT2D eigenvalue weighted by atomic mass is 16.5. The molecule has 0 saturated heterocycles. The molecule has 0 radical (unpaired) electrons. The SMILES string of the molecule is CCOc1ccccc1OCc1cc(C(=O)NN)no1. The van der Waals surface area contributed by atoms with Gasteiger partial charge in [0.25, 0.3) is 5.91 Å². The number of rotatable bonds is 6. The number of hydrogen-bond donors (Lipinski definition) is 2. The van der Waals surface area contributed by atoms with Crippen molar-refractivity contribution < 1.29 is 18.8 Å². The lowest BCUT2D eigenvalue weighted by molar-refractivity contribution is 0.0944. The van der Waals surface area contributed by atoms with Crippen molar-refractivity contribution in [3.05, 3.63) is 41.8 Å². The maximum atomic E-state index is 11.2. The van der Waals surface area contributed by atoms with Gasteiger partial charge in [0.05, 0.1) is 6.61 Å². The van der Waals surface area contributed by atoms with Crippen LogP contribution in [0, 0.1) is 0 Å². The molecule has 1 amide bonds. The van der Waals surface area contributed by atoms with E-state index in [0.29, 0.717) is 23.9 Å². The van der Waals surface area contributed by atoms with Gasteiger partial charge < -0.3 is 14.0 Å². The van der Waals surface area contributed by atoms with Crippen molar-refractivity contribution in [2.24, 2.45) is 5.84 Å². The Morgan fingerprint density at radius 3 is 2.70 bits per heavy atom. The fourth-order valence-electron chi connectivity index (χ4n) is 1.55. The number of amides is 1. The Hall–Kier alpha value is -2.54. The predicted molar refractivity (Wildman–Crippen MR) is 70.1 cm³/mol. The lowest BCUT2D eigenvalue weighted by Gasteiger charge is -2.09. The molecular weight excluding hydrogens is 262 g/mol. The summed E-state index contributed by atoms with van der Waals surface area (Å²) < 4.78 is 16.0. The molecule has 0 aliphatic carbocycles. The molecule has 0 bridgehead atoms. The molecule has 2 rings (SSSR count). The van der Waals surface area contributed by atoms with Gasteiger partial charge in [-0.05, 0) is 19.1 Å². The van der Waals surface area contributed by atoms with Gasteiger partial charge in [0.1, 0.15) is 6.61 Å². The van der Waals surface area contributed by atoms with Crippen molar-refractivity contribution in [1.82, 2.24) is 10.6 Å². The highest BCUT2D eigenvalue weighted by Gasteiger charge is 2.12. The van der Waals surface area contributed by atoms with E-state index in [4.69, 9.17) is 19.8 Å². The average Bonchev–Trinajstić information content (AvgIpc) is 2.95. The van der Waals surface area contributed by atoms with Crippen LogP contribution >= 0.6 is 0 Å². The number of hydrogen-bond acceptors (Lipinski definition) is 6. The fourth-order valence-corrected chi connectivity index (χ4v) is 1.55. The van der Waals surface area contributed by atoms with Gasteiger partial charge in [0.2, 0.25) is 0 Å². The lowest BCUT2D eigenvalue weighted by Crippen LogP contribution is -2.30. The van der Waals surface area contributed by atoms with E-state index in [2.05, 4.69) is 5.16 Å². The van der Waals surface area contributed by atoms with Crippen molar-refractivity contribution in [1.29, 1.82) is 0 Å². The van der Waals surface area contributed by atoms with Gasteiger partial charge in [-0.3, -0.25) is 10.2 Å². The minimum Gasteiger partial charge on any atom is -0.490 e. The molecule has 0 unspecified atom stereocenters. The van der Waals surface area contributed by atoms with Crippen molar-refractivity contribution in [3.8, 4) is 11.5 Å². The van der Waals surface area contributed by atoms with E-state index in [-0.39, 0.29) is 12.3 Å². The maximum Gasteiger partial charge on any atom is 0.287 e. The molecule has 1 aromatic carbocycles. The van der Waals surface area contributed by atoms with Gasteiger partial charge in [-0.1, -0.05) is 17.3 Å². The van der Waals surface area contributed by atoms with Crippen LogP contribution in [-0.2, 0) is 6.61 Å². The van der Waals surface area contributed by atoms with Crippen LogP contribution in [0.5, 0.6) is 11.5 Å². The first kappa shape index (κ1) is 13.9. The van der Waals surface area contributed by atoms with Gasteiger partial charge in [0, 0.05) is 6.07 Å². The zero-order valence-corrected chi connectivity index (χ0v) is 11.0. The summed E-state index contributed by atoms with van der Waals surface area (Å²) in [5.74, 6) is 6.14. The van der Waals surface area contributed by atoms with Gasteiger partial charge in [-0.2, -0.15) is 0 Å². The van der Waals surface area contributed by atoms with E-state index >= 15 is 0 Å². The number of ether oxygens (including phenoxy) is 2. The zero-order chi connectivity index (χ0) is 14.4. The first-order chi connectivity index (χ1) is 9.74. The predicted octanol–water partition coefficient (Wildman–Crippen LogP) is 1.26. The van der Waals surface area contributed by atoms with Gasteiger partial charge in [-0.15, -0.1) is 0 Å². The van der Waals surface area contributed by atoms with Gasteiger partial charge >= 0.3 is 0 Å². The van der Waals surface area contributed by atoms with E-state index in [1.165, 1.54) is 6.07 Å². The minimum absolute atomic E-state index is 0.101. The summed E-state index contributed by atoms with van der Waals surface area (Å²) in [5, 5.41) is 3.58. The summed E-state index contributed by atoms with van der Waals surface area (Å²) in [6.07, 6.45) is 0. The third-order valence-corrected chi connectivity index (χ3v) is 2.44. The van der Waals surface area contributed by atoms with Crippen LogP contribution in [0.3, 0.4) is 0 Å². The van der Waals surface area contributed by atoms with Crippen LogP contribution < -0.4 is 20.7 Å². The summed E-state index contributed by atoms with van der Waals surface area (Å²) in [5.41, 5.74) is 2.07. The van der Waals surface area contributed by atoms with Crippen molar-refractivity contribution in [2.45, 2.75) is 13.5 Å². The summed E-state index contributed by atoms with van der Waals surface area (Å²) in [6.45, 7) is 2.57. The molecule has 3 N–H and O–H groups in total. The number of carbonyl (C=O) groups is 1. The standard InChI is InChI=1S/C13H15N3O4/c1-2-18-11-5-3-4-6-12(11)19-8-9-7-10(16-20-9)13(17)15-14/h3-7H,2,8,14H2,1H3,(H,15,17). The number of nitrogens with one attached hydrogen (secondary N) is 1. The second kappa shape index (κ2) is 6.58. The molecule has 1 aromatic heterocycles. The summed E-state index contributed by atoms with van der Waals surface area (Å²) in [4.78, 5) is 11.2. The Morgan fingerprint density at radius 1 is 1.35 bits per heavy atom. The molecule has 1 heterocycles. The maximum absolute atomic E-state index is 11.2. The number of benzene rings is 1. The number of carbonyl (C=O) groups excluding carboxylic acids is 1. The normalized spacial score (nSPS) is 10.1. The van der Waals surface area contributed by atoms with E-state index in [0.717, 1.165) is 0 Å². The highest BCUT2D eigenvalue weighted by Crippen LogP contribution is 2.27. The average molecular weight is 277 g/mol. The number of aromatic nitrogens is 1. The molecular formula is C13H15N3O4. The molecule has 0 spiro atoms. The van der Waals surface area contributed by atoms with Crippen molar-refractivity contribution in [3.63, 3.8) is 0 Å². The van der Waals surface area contributed by atoms with E-state index in [9.17, 15) is 4.79 Å². The van der Waals surface area contributed by atoms with Gasteiger partial charge in [-0.25, -0.2) is 5.84 Å². The van der Waals surface area contributed by atoms with Crippen LogP contribution in [0.1, 0.15) is 23.2 Å². The largest absolute Gasteiger partial charge is 0.490 e. The zero-order valence-electron chi connectivity index (χ0n) is 11.0. The number of nitrogens with two attached hydrogens (primary N) is 1. The lowest BCUT2D eigenvalue weighted by atomic mass is 10.3. The number of para-hydroxylation sites is 2. The number of nitrogen functional groups attached to an aromatic ring is 1. The highest BCUT2D eigenvalue weighted by molar-refractivity contribution is 5.91. The van der Waals surface area contributed by atoms with Crippen LogP contribution in [0.15, 0.2) is 34.9 Å². The Morgan fingerprint density at radius 2 is 2.05 bits per heavy atom. The Kier molecular flexibility index (Phi) is 4.56.